The molecule has 6 nitrogen and oxygen atoms in total. The minimum absolute atomic E-state index is 0.293. The maximum absolute atomic E-state index is 12.2. The predicted molar refractivity (Wildman–Crippen MR) is 83.8 cm³/mol. The van der Waals surface area contributed by atoms with E-state index in [1.807, 2.05) is 6.07 Å². The number of ether oxygens (including phenoxy) is 2. The molecule has 0 unspecified atom stereocenters. The maximum atomic E-state index is 12.2. The monoisotopic (exact) mass is 319 g/mol. The lowest BCUT2D eigenvalue weighted by Gasteiger charge is -2.11. The maximum Gasteiger partial charge on any atom is 0.252 e. The van der Waals surface area contributed by atoms with E-state index in [0.717, 1.165) is 5.56 Å². The first-order valence-corrected chi connectivity index (χ1v) is 6.94. The fourth-order valence-corrected chi connectivity index (χ4v) is 2.06. The molecule has 0 aliphatic heterocycles. The number of anilines is 1. The highest BCUT2D eigenvalue weighted by Crippen LogP contribution is 2.17. The first-order valence-electron chi connectivity index (χ1n) is 6.94. The Morgan fingerprint density at radius 3 is 2.87 bits per heavy atom. The highest BCUT2D eigenvalue weighted by molar-refractivity contribution is 5.97. The Kier molecular flexibility index (Phi) is 5.87. The van der Waals surface area contributed by atoms with Gasteiger partial charge in [0.25, 0.3) is 5.91 Å². The smallest absolute Gasteiger partial charge is 0.252 e. The average Bonchev–Trinajstić information content (AvgIpc) is 2.54. The standard InChI is InChI=1S/C16H18FN3O3/c1-22-9-12-5-6-14(15(18)21)16(20-12)19-8-11-3-2-4-13(7-11)23-10-17/h2-7H,8-10H2,1H3,(H2,18,21)(H,19,20). The van der Waals surface area contributed by atoms with Crippen LogP contribution in [0.5, 0.6) is 5.75 Å². The van der Waals surface area contributed by atoms with Crippen molar-refractivity contribution >= 4 is 11.7 Å². The first kappa shape index (κ1) is 16.7. The van der Waals surface area contributed by atoms with Gasteiger partial charge >= 0.3 is 0 Å². The summed E-state index contributed by atoms with van der Waals surface area (Å²) in [6.45, 7) is -0.177. The Labute approximate surface area is 133 Å². The lowest BCUT2D eigenvalue weighted by molar-refractivity contribution is 0.100. The van der Waals surface area contributed by atoms with Gasteiger partial charge in [0.15, 0.2) is 0 Å². The lowest BCUT2D eigenvalue weighted by atomic mass is 10.2. The number of hydrogen-bond acceptors (Lipinski definition) is 5. The minimum atomic E-state index is -0.886. The van der Waals surface area contributed by atoms with Crippen LogP contribution in [0.1, 0.15) is 21.6 Å². The SMILES string of the molecule is COCc1ccc(C(N)=O)c(NCc2cccc(OCF)c2)n1. The van der Waals surface area contributed by atoms with E-state index in [4.69, 9.17) is 15.2 Å². The van der Waals surface area contributed by atoms with Crippen LogP contribution in [0.15, 0.2) is 36.4 Å². The van der Waals surface area contributed by atoms with Gasteiger partial charge in [0.05, 0.1) is 17.9 Å². The van der Waals surface area contributed by atoms with Crippen molar-refractivity contribution in [2.45, 2.75) is 13.2 Å². The number of carbonyl (C=O) groups is 1. The minimum Gasteiger partial charge on any atom is -0.463 e. The Morgan fingerprint density at radius 1 is 1.35 bits per heavy atom. The largest absolute Gasteiger partial charge is 0.463 e. The number of nitrogens with zero attached hydrogens (tertiary/aromatic N) is 1. The summed E-state index contributed by atoms with van der Waals surface area (Å²) in [5.74, 6) is 0.241. The number of methoxy groups -OCH3 is 1. The van der Waals surface area contributed by atoms with Crippen LogP contribution in [0.2, 0.25) is 0 Å². The molecule has 0 saturated carbocycles. The summed E-state index contributed by atoms with van der Waals surface area (Å²) < 4.78 is 22.1. The van der Waals surface area contributed by atoms with Gasteiger partial charge in [-0.25, -0.2) is 9.37 Å². The number of aromatic nitrogens is 1. The number of amides is 1. The number of nitrogens with one attached hydrogen (secondary N) is 1. The lowest BCUT2D eigenvalue weighted by Crippen LogP contribution is -2.16. The third kappa shape index (κ3) is 4.65. The zero-order valence-electron chi connectivity index (χ0n) is 12.7. The van der Waals surface area contributed by atoms with Gasteiger partial charge in [0, 0.05) is 13.7 Å². The molecule has 0 aliphatic carbocycles. The molecule has 1 aromatic heterocycles. The van der Waals surface area contributed by atoms with E-state index < -0.39 is 12.8 Å². The fraction of sp³-hybridized carbons (Fsp3) is 0.250. The van der Waals surface area contributed by atoms with Gasteiger partial charge in [-0.15, -0.1) is 0 Å². The molecule has 0 atom stereocenters. The van der Waals surface area contributed by atoms with E-state index in [0.29, 0.717) is 36.0 Å². The molecule has 0 aliphatic rings. The number of rotatable bonds is 8. The number of pyridine rings is 1. The van der Waals surface area contributed by atoms with Crippen molar-refractivity contribution in [3.63, 3.8) is 0 Å². The van der Waals surface area contributed by atoms with Crippen LogP contribution in [-0.2, 0) is 17.9 Å². The van der Waals surface area contributed by atoms with E-state index in [9.17, 15) is 9.18 Å². The van der Waals surface area contributed by atoms with Gasteiger partial charge in [0.1, 0.15) is 11.6 Å². The van der Waals surface area contributed by atoms with Gasteiger partial charge in [-0.2, -0.15) is 0 Å². The van der Waals surface area contributed by atoms with Gasteiger partial charge in [-0.1, -0.05) is 12.1 Å². The Morgan fingerprint density at radius 2 is 2.17 bits per heavy atom. The fourth-order valence-electron chi connectivity index (χ4n) is 2.06. The second-order valence-electron chi connectivity index (χ2n) is 4.75. The van der Waals surface area contributed by atoms with Gasteiger partial charge in [-0.3, -0.25) is 4.79 Å². The molecule has 3 N–H and O–H groups in total. The third-order valence-electron chi connectivity index (χ3n) is 3.09. The van der Waals surface area contributed by atoms with Crippen LogP contribution < -0.4 is 15.8 Å². The number of halogens is 1. The van der Waals surface area contributed by atoms with Crippen molar-refractivity contribution in [3.05, 3.63) is 53.2 Å². The molecule has 1 heterocycles. The van der Waals surface area contributed by atoms with Crippen molar-refractivity contribution in [2.24, 2.45) is 5.73 Å². The van der Waals surface area contributed by atoms with Crippen molar-refractivity contribution in [3.8, 4) is 5.75 Å². The molecule has 1 aromatic carbocycles. The van der Waals surface area contributed by atoms with E-state index in [-0.39, 0.29) is 0 Å². The molecule has 0 fully saturated rings. The van der Waals surface area contributed by atoms with Crippen LogP contribution in [0, 0.1) is 0 Å². The normalized spacial score (nSPS) is 10.3. The second-order valence-corrected chi connectivity index (χ2v) is 4.75. The highest BCUT2D eigenvalue weighted by atomic mass is 19.1. The van der Waals surface area contributed by atoms with Crippen LogP contribution in [0.4, 0.5) is 10.2 Å². The molecule has 0 spiro atoms. The predicted octanol–water partition coefficient (Wildman–Crippen LogP) is 2.24. The average molecular weight is 319 g/mol. The topological polar surface area (TPSA) is 86.5 Å². The van der Waals surface area contributed by atoms with E-state index >= 15 is 0 Å². The zero-order valence-corrected chi connectivity index (χ0v) is 12.7. The number of primary amides is 1. The van der Waals surface area contributed by atoms with Crippen molar-refractivity contribution in [2.75, 3.05) is 19.3 Å². The van der Waals surface area contributed by atoms with E-state index in [1.54, 1.807) is 37.4 Å². The Balaban J connectivity index is 2.16. The first-order chi connectivity index (χ1) is 11.1. The molecule has 7 heteroatoms. The molecular formula is C16H18FN3O3. The second kappa shape index (κ2) is 8.09. The summed E-state index contributed by atoms with van der Waals surface area (Å²) >= 11 is 0. The van der Waals surface area contributed by atoms with E-state index in [1.165, 1.54) is 0 Å². The summed E-state index contributed by atoms with van der Waals surface area (Å²) in [5.41, 5.74) is 7.18. The summed E-state index contributed by atoms with van der Waals surface area (Å²) in [4.78, 5) is 15.8. The Hall–Kier alpha value is -2.67. The Bertz CT molecular complexity index is 679. The number of nitrogens with two attached hydrogens (primary N) is 1. The zero-order chi connectivity index (χ0) is 16.7. The van der Waals surface area contributed by atoms with Crippen molar-refractivity contribution in [1.29, 1.82) is 0 Å². The molecule has 23 heavy (non-hydrogen) atoms. The molecule has 0 radical (unpaired) electrons. The molecule has 0 saturated heterocycles. The quantitative estimate of drug-likeness (QED) is 0.779. The van der Waals surface area contributed by atoms with E-state index in [2.05, 4.69) is 10.3 Å². The van der Waals surface area contributed by atoms with Crippen molar-refractivity contribution < 1.29 is 18.7 Å². The molecule has 2 aromatic rings. The van der Waals surface area contributed by atoms with Crippen LogP contribution >= 0.6 is 0 Å². The molecule has 0 bridgehead atoms. The number of alkyl halides is 1. The van der Waals surface area contributed by atoms with Crippen LogP contribution in [0.25, 0.3) is 0 Å². The van der Waals surface area contributed by atoms with Gasteiger partial charge in [-0.05, 0) is 29.8 Å². The van der Waals surface area contributed by atoms with Crippen LogP contribution in [0.3, 0.4) is 0 Å². The number of carbonyl (C=O) groups excluding carboxylic acids is 1. The molecule has 1 amide bonds. The van der Waals surface area contributed by atoms with Gasteiger partial charge in [0.2, 0.25) is 6.86 Å². The van der Waals surface area contributed by atoms with Crippen LogP contribution in [-0.4, -0.2) is 24.9 Å². The molecule has 122 valence electrons. The number of benzene rings is 1. The van der Waals surface area contributed by atoms with Gasteiger partial charge < -0.3 is 20.5 Å². The molecule has 2 rings (SSSR count). The highest BCUT2D eigenvalue weighted by Gasteiger charge is 2.11. The third-order valence-corrected chi connectivity index (χ3v) is 3.09. The summed E-state index contributed by atoms with van der Waals surface area (Å²) in [6.07, 6.45) is 0. The summed E-state index contributed by atoms with van der Waals surface area (Å²) in [7, 11) is 1.56. The summed E-state index contributed by atoms with van der Waals surface area (Å²) in [5, 5.41) is 3.06. The summed E-state index contributed by atoms with van der Waals surface area (Å²) in [6, 6.07) is 10.3. The molecular weight excluding hydrogens is 301 g/mol. The van der Waals surface area contributed by atoms with Crippen molar-refractivity contribution in [1.82, 2.24) is 4.98 Å². The number of hydrogen-bond donors (Lipinski definition) is 2.